The lowest BCUT2D eigenvalue weighted by Gasteiger charge is -2.22. The van der Waals surface area contributed by atoms with Gasteiger partial charge in [-0.1, -0.05) is 18.2 Å². The predicted molar refractivity (Wildman–Crippen MR) is 98.4 cm³/mol. The first-order valence-electron chi connectivity index (χ1n) is 7.79. The average Bonchev–Trinajstić information content (AvgIpc) is 3.01. The molecule has 0 aliphatic heterocycles. The lowest BCUT2D eigenvalue weighted by Crippen LogP contribution is -2.38. The molecule has 0 spiro atoms. The van der Waals surface area contributed by atoms with E-state index in [9.17, 15) is 22.3 Å². The van der Waals surface area contributed by atoms with Crippen molar-refractivity contribution in [3.63, 3.8) is 0 Å². The quantitative estimate of drug-likeness (QED) is 0.669. The molecule has 8 heteroatoms. The molecule has 0 fully saturated rings. The molecule has 1 aromatic heterocycles. The van der Waals surface area contributed by atoms with Crippen molar-refractivity contribution in [2.75, 3.05) is 6.54 Å². The summed E-state index contributed by atoms with van der Waals surface area (Å²) in [6.45, 7) is 1.22. The molecule has 1 unspecified atom stereocenters. The van der Waals surface area contributed by atoms with Gasteiger partial charge in [-0.25, -0.2) is 21.9 Å². The van der Waals surface area contributed by atoms with Gasteiger partial charge >= 0.3 is 0 Å². The van der Waals surface area contributed by atoms with E-state index >= 15 is 0 Å². The van der Waals surface area contributed by atoms with Gasteiger partial charge in [0.1, 0.15) is 17.2 Å². The number of aliphatic hydroxyl groups is 1. The van der Waals surface area contributed by atoms with E-state index in [0.717, 1.165) is 28.3 Å². The SMILES string of the molecule is CC(O)(CNS(=O)(=O)Cc1cc(F)ccc1F)c1cc2ccccc2s1. The number of sulfonamides is 1. The maximum absolute atomic E-state index is 13.7. The standard InChI is InChI=1S/C18H17F2NO3S2/c1-18(22,17-9-12-4-2-3-5-16(12)25-17)11-21-26(23,24)10-13-8-14(19)6-7-15(13)20/h2-9,21-22H,10-11H2,1H3. The Labute approximate surface area is 154 Å². The Balaban J connectivity index is 1.74. The van der Waals surface area contributed by atoms with E-state index in [1.807, 2.05) is 24.3 Å². The Morgan fingerprint density at radius 3 is 2.62 bits per heavy atom. The fraction of sp³-hybridized carbons (Fsp3) is 0.222. The summed E-state index contributed by atoms with van der Waals surface area (Å²) in [5, 5.41) is 11.6. The van der Waals surface area contributed by atoms with Gasteiger partial charge in [0, 0.05) is 21.7 Å². The van der Waals surface area contributed by atoms with Gasteiger partial charge in [-0.3, -0.25) is 0 Å². The maximum Gasteiger partial charge on any atom is 0.215 e. The van der Waals surface area contributed by atoms with Crippen molar-refractivity contribution in [3.8, 4) is 0 Å². The molecule has 26 heavy (non-hydrogen) atoms. The molecule has 0 saturated heterocycles. The van der Waals surface area contributed by atoms with E-state index in [1.54, 1.807) is 6.07 Å². The zero-order valence-electron chi connectivity index (χ0n) is 13.9. The molecule has 1 atom stereocenters. The van der Waals surface area contributed by atoms with Crippen LogP contribution in [-0.4, -0.2) is 20.1 Å². The summed E-state index contributed by atoms with van der Waals surface area (Å²) in [7, 11) is -3.96. The number of nitrogens with one attached hydrogen (secondary N) is 1. The monoisotopic (exact) mass is 397 g/mol. The van der Waals surface area contributed by atoms with Crippen LogP contribution >= 0.6 is 11.3 Å². The molecule has 0 aliphatic carbocycles. The predicted octanol–water partition coefficient (Wildman–Crippen LogP) is 3.51. The second-order valence-corrected chi connectivity index (χ2v) is 9.13. The first kappa shape index (κ1) is 18.9. The van der Waals surface area contributed by atoms with Crippen LogP contribution in [0, 0.1) is 11.6 Å². The lowest BCUT2D eigenvalue weighted by atomic mass is 10.1. The van der Waals surface area contributed by atoms with Crippen molar-refractivity contribution in [1.29, 1.82) is 0 Å². The highest BCUT2D eigenvalue weighted by molar-refractivity contribution is 7.88. The highest BCUT2D eigenvalue weighted by atomic mass is 32.2. The van der Waals surface area contributed by atoms with Crippen molar-refractivity contribution in [1.82, 2.24) is 4.72 Å². The fourth-order valence-electron chi connectivity index (χ4n) is 2.49. The van der Waals surface area contributed by atoms with E-state index in [2.05, 4.69) is 4.72 Å². The van der Waals surface area contributed by atoms with E-state index < -0.39 is 33.0 Å². The van der Waals surface area contributed by atoms with E-state index in [4.69, 9.17) is 0 Å². The van der Waals surface area contributed by atoms with Crippen molar-refractivity contribution in [3.05, 3.63) is 70.6 Å². The summed E-state index contributed by atoms with van der Waals surface area (Å²) in [5.41, 5.74) is -1.70. The van der Waals surface area contributed by atoms with Crippen LogP contribution in [-0.2, 0) is 21.4 Å². The van der Waals surface area contributed by atoms with Crippen LogP contribution < -0.4 is 4.72 Å². The van der Waals surface area contributed by atoms with Gasteiger partial charge in [0.05, 0.1) is 5.75 Å². The number of benzene rings is 2. The Morgan fingerprint density at radius 1 is 1.15 bits per heavy atom. The smallest absolute Gasteiger partial charge is 0.215 e. The lowest BCUT2D eigenvalue weighted by molar-refractivity contribution is 0.0666. The van der Waals surface area contributed by atoms with Gasteiger partial charge in [0.25, 0.3) is 0 Å². The molecule has 0 amide bonds. The van der Waals surface area contributed by atoms with Gasteiger partial charge < -0.3 is 5.11 Å². The van der Waals surface area contributed by atoms with Crippen LogP contribution in [0.4, 0.5) is 8.78 Å². The number of fused-ring (bicyclic) bond motifs is 1. The topological polar surface area (TPSA) is 66.4 Å². The Morgan fingerprint density at radius 2 is 1.88 bits per heavy atom. The largest absolute Gasteiger partial charge is 0.383 e. The first-order chi connectivity index (χ1) is 12.2. The van der Waals surface area contributed by atoms with Crippen LogP contribution in [0.25, 0.3) is 10.1 Å². The highest BCUT2D eigenvalue weighted by Crippen LogP contribution is 2.33. The van der Waals surface area contributed by atoms with Crippen LogP contribution in [0.3, 0.4) is 0 Å². The summed E-state index contributed by atoms with van der Waals surface area (Å²) < 4.78 is 54.5. The molecule has 0 saturated carbocycles. The number of halogens is 2. The molecule has 2 aromatic carbocycles. The fourth-order valence-corrected chi connectivity index (χ4v) is 4.83. The average molecular weight is 397 g/mol. The summed E-state index contributed by atoms with van der Waals surface area (Å²) in [6.07, 6.45) is 0. The molecule has 3 aromatic rings. The molecule has 0 radical (unpaired) electrons. The number of hydrogen-bond donors (Lipinski definition) is 2. The van der Waals surface area contributed by atoms with Crippen molar-refractivity contribution in [2.24, 2.45) is 0 Å². The minimum atomic E-state index is -3.96. The normalized spacial score (nSPS) is 14.5. The van der Waals surface area contributed by atoms with E-state index in [1.165, 1.54) is 18.3 Å². The van der Waals surface area contributed by atoms with Crippen LogP contribution in [0.1, 0.15) is 17.4 Å². The Kier molecular flexibility index (Phi) is 5.12. The zero-order valence-corrected chi connectivity index (χ0v) is 15.5. The third-order valence-corrected chi connectivity index (χ3v) is 6.59. The summed E-state index contributed by atoms with van der Waals surface area (Å²) in [6, 6.07) is 12.0. The molecule has 4 nitrogen and oxygen atoms in total. The van der Waals surface area contributed by atoms with Crippen LogP contribution in [0.15, 0.2) is 48.5 Å². The van der Waals surface area contributed by atoms with Gasteiger partial charge in [-0.05, 0) is 42.6 Å². The second kappa shape index (κ2) is 7.03. The molecular weight excluding hydrogens is 380 g/mol. The second-order valence-electron chi connectivity index (χ2n) is 6.24. The number of thiophene rings is 1. The van der Waals surface area contributed by atoms with E-state index in [-0.39, 0.29) is 12.1 Å². The van der Waals surface area contributed by atoms with Crippen molar-refractivity contribution < 1.29 is 22.3 Å². The summed E-state index contributed by atoms with van der Waals surface area (Å²) >= 11 is 1.37. The minimum Gasteiger partial charge on any atom is -0.383 e. The third-order valence-electron chi connectivity index (χ3n) is 3.95. The zero-order chi connectivity index (χ0) is 18.9. The van der Waals surface area contributed by atoms with Crippen LogP contribution in [0.2, 0.25) is 0 Å². The minimum absolute atomic E-state index is 0.265. The van der Waals surface area contributed by atoms with Gasteiger partial charge in [-0.2, -0.15) is 0 Å². The molecule has 138 valence electrons. The van der Waals surface area contributed by atoms with Gasteiger partial charge in [-0.15, -0.1) is 11.3 Å². The van der Waals surface area contributed by atoms with E-state index in [0.29, 0.717) is 4.88 Å². The number of rotatable bonds is 6. The number of hydrogen-bond acceptors (Lipinski definition) is 4. The Hall–Kier alpha value is -1.87. The Bertz CT molecular complexity index is 1010. The molecular formula is C18H17F2NO3S2. The maximum atomic E-state index is 13.7. The third kappa shape index (κ3) is 4.27. The van der Waals surface area contributed by atoms with Crippen molar-refractivity contribution >= 4 is 31.4 Å². The molecule has 0 aliphatic rings. The first-order valence-corrected chi connectivity index (χ1v) is 10.3. The molecule has 1 heterocycles. The van der Waals surface area contributed by atoms with Crippen molar-refractivity contribution in [2.45, 2.75) is 18.3 Å². The highest BCUT2D eigenvalue weighted by Gasteiger charge is 2.28. The molecule has 2 N–H and O–H groups in total. The molecule has 0 bridgehead atoms. The van der Waals surface area contributed by atoms with Gasteiger partial charge in [0.2, 0.25) is 10.0 Å². The van der Waals surface area contributed by atoms with Crippen LogP contribution in [0.5, 0.6) is 0 Å². The molecule has 3 rings (SSSR count). The van der Waals surface area contributed by atoms with Gasteiger partial charge in [0.15, 0.2) is 0 Å². The summed E-state index contributed by atoms with van der Waals surface area (Å²) in [5.74, 6) is -2.22. The summed E-state index contributed by atoms with van der Waals surface area (Å²) in [4.78, 5) is 0.610.